The Bertz CT molecular complexity index is 405. The molecule has 0 atom stereocenters. The van der Waals surface area contributed by atoms with E-state index in [1.54, 1.807) is 0 Å². The highest BCUT2D eigenvalue weighted by atomic mass is 32.1. The summed E-state index contributed by atoms with van der Waals surface area (Å²) in [6.45, 7) is 8.31. The van der Waals surface area contributed by atoms with Crippen LogP contribution in [0.15, 0.2) is 0 Å². The number of ether oxygens (including phenoxy) is 2. The van der Waals surface area contributed by atoms with Crippen LogP contribution in [0.3, 0.4) is 0 Å². The zero-order valence-corrected chi connectivity index (χ0v) is 12.8. The summed E-state index contributed by atoms with van der Waals surface area (Å²) in [5.41, 5.74) is 0.385. The number of rotatable bonds is 8. The van der Waals surface area contributed by atoms with Gasteiger partial charge in [0.05, 0.1) is 13.7 Å². The van der Waals surface area contributed by atoms with Gasteiger partial charge >= 0.3 is 5.97 Å². The lowest BCUT2D eigenvalue weighted by atomic mass is 10.1. The highest BCUT2D eigenvalue weighted by Gasteiger charge is 2.15. The number of esters is 1. The summed E-state index contributed by atoms with van der Waals surface area (Å²) in [6, 6.07) is 0. The Kier molecular flexibility index (Phi) is 6.80. The number of methoxy groups -OCH3 is 1. The number of nitrogens with zero attached hydrogens (tertiary/aromatic N) is 1. The van der Waals surface area contributed by atoms with Gasteiger partial charge in [-0.15, -0.1) is 11.3 Å². The third-order valence-electron chi connectivity index (χ3n) is 2.54. The van der Waals surface area contributed by atoms with Crippen molar-refractivity contribution < 1.29 is 14.3 Å². The Morgan fingerprint density at radius 2 is 2.16 bits per heavy atom. The number of thiazole rings is 1. The average Bonchev–Trinajstić information content (AvgIpc) is 2.73. The lowest BCUT2D eigenvalue weighted by Gasteiger charge is -2.06. The highest BCUT2D eigenvalue weighted by molar-refractivity contribution is 7.15. The fourth-order valence-corrected chi connectivity index (χ4v) is 2.24. The van der Waals surface area contributed by atoms with E-state index >= 15 is 0 Å². The second kappa shape index (κ2) is 8.12. The molecule has 0 unspecified atom stereocenters. The largest absolute Gasteiger partial charge is 0.464 e. The van der Waals surface area contributed by atoms with E-state index in [1.807, 2.05) is 6.92 Å². The van der Waals surface area contributed by atoms with Gasteiger partial charge in [0.2, 0.25) is 0 Å². The fraction of sp³-hybridized carbons (Fsp3) is 0.692. The molecule has 1 aromatic rings. The second-order valence-electron chi connectivity index (χ2n) is 4.64. The van der Waals surface area contributed by atoms with Crippen molar-refractivity contribution in [2.24, 2.45) is 5.92 Å². The molecule has 1 aromatic heterocycles. The van der Waals surface area contributed by atoms with Gasteiger partial charge in [-0.05, 0) is 19.3 Å². The molecule has 19 heavy (non-hydrogen) atoms. The van der Waals surface area contributed by atoms with E-state index in [-0.39, 0.29) is 0 Å². The Balaban J connectivity index is 2.28. The number of aromatic nitrogens is 1. The van der Waals surface area contributed by atoms with Crippen molar-refractivity contribution in [2.75, 3.05) is 32.2 Å². The first kappa shape index (κ1) is 15.9. The second-order valence-corrected chi connectivity index (χ2v) is 5.84. The molecule has 0 radical (unpaired) electrons. The number of nitrogens with one attached hydrogen (secondary N) is 1. The molecule has 1 heterocycles. The summed E-state index contributed by atoms with van der Waals surface area (Å²) in [7, 11) is 1.36. The third-order valence-corrected chi connectivity index (χ3v) is 3.47. The van der Waals surface area contributed by atoms with Crippen LogP contribution < -0.4 is 5.32 Å². The Labute approximate surface area is 118 Å². The molecule has 0 bridgehead atoms. The zero-order chi connectivity index (χ0) is 14.3. The van der Waals surface area contributed by atoms with Crippen LogP contribution in [0.4, 0.5) is 5.13 Å². The van der Waals surface area contributed by atoms with Crippen LogP contribution in [-0.4, -0.2) is 37.8 Å². The SMILES string of the molecule is COC(=O)c1nc(NCCOCCC(C)C)sc1C. The van der Waals surface area contributed by atoms with E-state index in [9.17, 15) is 4.79 Å². The minimum Gasteiger partial charge on any atom is -0.464 e. The van der Waals surface area contributed by atoms with Gasteiger partial charge in [0, 0.05) is 18.0 Å². The number of anilines is 1. The average molecular weight is 286 g/mol. The van der Waals surface area contributed by atoms with E-state index in [0.717, 1.165) is 23.0 Å². The minimum atomic E-state index is -0.394. The molecule has 5 nitrogen and oxygen atoms in total. The van der Waals surface area contributed by atoms with Gasteiger partial charge in [0.25, 0.3) is 0 Å². The van der Waals surface area contributed by atoms with Gasteiger partial charge < -0.3 is 14.8 Å². The highest BCUT2D eigenvalue weighted by Crippen LogP contribution is 2.22. The first-order valence-corrected chi connectivity index (χ1v) is 7.23. The van der Waals surface area contributed by atoms with E-state index in [2.05, 4.69) is 28.9 Å². The number of hydrogen-bond donors (Lipinski definition) is 1. The number of hydrogen-bond acceptors (Lipinski definition) is 6. The van der Waals surface area contributed by atoms with Crippen LogP contribution in [-0.2, 0) is 9.47 Å². The van der Waals surface area contributed by atoms with E-state index in [1.165, 1.54) is 18.4 Å². The molecule has 0 aliphatic carbocycles. The Hall–Kier alpha value is -1.14. The van der Waals surface area contributed by atoms with Crippen molar-refractivity contribution in [3.05, 3.63) is 10.6 Å². The summed E-state index contributed by atoms with van der Waals surface area (Å²) < 4.78 is 10.2. The molecule has 1 rings (SSSR count). The van der Waals surface area contributed by atoms with Gasteiger partial charge in [-0.3, -0.25) is 0 Å². The van der Waals surface area contributed by atoms with Gasteiger partial charge in [0.15, 0.2) is 10.8 Å². The van der Waals surface area contributed by atoms with Gasteiger partial charge in [0.1, 0.15) is 0 Å². The maximum Gasteiger partial charge on any atom is 0.357 e. The van der Waals surface area contributed by atoms with Crippen molar-refractivity contribution in [3.63, 3.8) is 0 Å². The summed E-state index contributed by atoms with van der Waals surface area (Å²) in [4.78, 5) is 16.5. The molecule has 6 heteroatoms. The van der Waals surface area contributed by atoms with Crippen molar-refractivity contribution in [2.45, 2.75) is 27.2 Å². The smallest absolute Gasteiger partial charge is 0.357 e. The molecule has 0 aromatic carbocycles. The van der Waals surface area contributed by atoms with Gasteiger partial charge in [-0.2, -0.15) is 0 Å². The molecule has 0 amide bonds. The molecule has 108 valence electrons. The quantitative estimate of drug-likeness (QED) is 0.588. The molecule has 0 spiro atoms. The maximum atomic E-state index is 11.4. The normalized spacial score (nSPS) is 10.8. The molecule has 0 saturated heterocycles. The van der Waals surface area contributed by atoms with E-state index in [0.29, 0.717) is 24.8 Å². The molecule has 0 aliphatic heterocycles. The summed E-state index contributed by atoms with van der Waals surface area (Å²) in [5.74, 6) is 0.271. The Morgan fingerprint density at radius 1 is 1.42 bits per heavy atom. The van der Waals surface area contributed by atoms with Gasteiger partial charge in [-0.1, -0.05) is 13.8 Å². The van der Waals surface area contributed by atoms with Crippen LogP contribution in [0.5, 0.6) is 0 Å². The minimum absolute atomic E-state index is 0.385. The number of carbonyl (C=O) groups is 1. The standard InChI is InChI=1S/C13H22N2O3S/c1-9(2)5-7-18-8-6-14-13-15-11(10(3)19-13)12(16)17-4/h9H,5-8H2,1-4H3,(H,14,15). The van der Waals surface area contributed by atoms with E-state index < -0.39 is 5.97 Å². The van der Waals surface area contributed by atoms with Gasteiger partial charge in [-0.25, -0.2) is 9.78 Å². The molecule has 1 N–H and O–H groups in total. The summed E-state index contributed by atoms with van der Waals surface area (Å²) in [5, 5.41) is 3.87. The van der Waals surface area contributed by atoms with E-state index in [4.69, 9.17) is 4.74 Å². The van der Waals surface area contributed by atoms with Crippen molar-refractivity contribution in [1.82, 2.24) is 4.98 Å². The lowest BCUT2D eigenvalue weighted by molar-refractivity contribution is 0.0594. The molecule has 0 aliphatic rings. The topological polar surface area (TPSA) is 60.5 Å². The summed E-state index contributed by atoms with van der Waals surface area (Å²) >= 11 is 1.45. The first-order valence-electron chi connectivity index (χ1n) is 6.42. The molecular formula is C13H22N2O3S. The maximum absolute atomic E-state index is 11.4. The van der Waals surface area contributed by atoms with Crippen LogP contribution in [0.25, 0.3) is 0 Å². The summed E-state index contributed by atoms with van der Waals surface area (Å²) in [6.07, 6.45) is 1.07. The van der Waals surface area contributed by atoms with Crippen LogP contribution >= 0.6 is 11.3 Å². The van der Waals surface area contributed by atoms with Crippen LogP contribution in [0.1, 0.15) is 35.6 Å². The Morgan fingerprint density at radius 3 is 2.79 bits per heavy atom. The lowest BCUT2D eigenvalue weighted by Crippen LogP contribution is -2.11. The number of aryl methyl sites for hydroxylation is 1. The fourth-order valence-electron chi connectivity index (χ4n) is 1.41. The van der Waals surface area contributed by atoms with Crippen molar-refractivity contribution in [1.29, 1.82) is 0 Å². The molecule has 0 saturated carbocycles. The predicted octanol–water partition coefficient (Wildman–Crippen LogP) is 2.71. The predicted molar refractivity (Wildman–Crippen MR) is 77.0 cm³/mol. The molecular weight excluding hydrogens is 264 g/mol. The van der Waals surface area contributed by atoms with Crippen LogP contribution in [0.2, 0.25) is 0 Å². The van der Waals surface area contributed by atoms with Crippen molar-refractivity contribution >= 4 is 22.4 Å². The van der Waals surface area contributed by atoms with Crippen LogP contribution in [0, 0.1) is 12.8 Å². The first-order chi connectivity index (χ1) is 9.04. The van der Waals surface area contributed by atoms with Crippen molar-refractivity contribution in [3.8, 4) is 0 Å². The zero-order valence-electron chi connectivity index (χ0n) is 12.0. The molecule has 0 fully saturated rings. The monoisotopic (exact) mass is 286 g/mol. The third kappa shape index (κ3) is 5.57. The number of carbonyl (C=O) groups excluding carboxylic acids is 1.